The summed E-state index contributed by atoms with van der Waals surface area (Å²) in [6.07, 6.45) is -3.82. The summed E-state index contributed by atoms with van der Waals surface area (Å²) in [4.78, 5) is 110. The van der Waals surface area contributed by atoms with Gasteiger partial charge in [-0.25, -0.2) is 0 Å². The number of amides is 2. The summed E-state index contributed by atoms with van der Waals surface area (Å²) in [6, 6.07) is 28.0. The molecule has 0 spiro atoms. The first-order valence-corrected chi connectivity index (χ1v) is 34.5. The molecule has 1 unspecified atom stereocenters. The van der Waals surface area contributed by atoms with Crippen molar-refractivity contribution >= 4 is 75.7 Å². The van der Waals surface area contributed by atoms with Gasteiger partial charge in [-0.15, -0.1) is 8.42 Å². The highest BCUT2D eigenvalue weighted by molar-refractivity contribution is 7.82. The van der Waals surface area contributed by atoms with Crippen LogP contribution in [0.4, 0.5) is 11.4 Å². The molecule has 104 heavy (non-hydrogen) atoms. The molecule has 546 valence electrons. The summed E-state index contributed by atoms with van der Waals surface area (Å²) in [5.74, 6) is -4.62. The Labute approximate surface area is 598 Å². The number of fused-ring (bicyclic) bond motifs is 6. The largest absolute Gasteiger partial charge is 0.501 e. The molecule has 0 saturated carbocycles. The lowest BCUT2D eigenvalue weighted by atomic mass is 9.94. The lowest BCUT2D eigenvalue weighted by Gasteiger charge is -2.43. The van der Waals surface area contributed by atoms with Crippen LogP contribution in [0.25, 0.3) is 10.4 Å². The van der Waals surface area contributed by atoms with Crippen LogP contribution >= 0.6 is 0 Å². The van der Waals surface area contributed by atoms with E-state index in [0.717, 1.165) is 67.6 Å². The van der Waals surface area contributed by atoms with Crippen molar-refractivity contribution in [1.29, 1.82) is 0 Å². The number of benzene rings is 6. The minimum absolute atomic E-state index is 0.0308. The molecule has 5 aliphatic heterocycles. The number of nitrogens with zero attached hydrogens (tertiary/aromatic N) is 8. The minimum atomic E-state index is -5.22. The zero-order valence-electron chi connectivity index (χ0n) is 58.2. The molecule has 31 heteroatoms. The first kappa shape index (κ1) is 74.1. The molecule has 0 N–H and O–H groups in total. The predicted octanol–water partition coefficient (Wildman–Crippen LogP) is 8.94. The maximum Gasteiger partial charge on any atom is 0.501 e. The molecular weight excluding hydrogens is 1370 g/mol. The quantitative estimate of drug-likeness (QED) is 0.00803. The van der Waals surface area contributed by atoms with Crippen molar-refractivity contribution < 1.29 is 102 Å². The third-order valence-electron chi connectivity index (χ3n) is 17.3. The molecular formula is C73H76N8O22S. The Morgan fingerprint density at radius 1 is 0.625 bits per heavy atom. The van der Waals surface area contributed by atoms with Gasteiger partial charge in [0, 0.05) is 102 Å². The maximum absolute atomic E-state index is 14.8. The Bertz CT molecular complexity index is 4540. The summed E-state index contributed by atoms with van der Waals surface area (Å²) < 4.78 is 104. The molecule has 7 atom stereocenters. The molecule has 30 nitrogen and oxygen atoms in total. The summed E-state index contributed by atoms with van der Waals surface area (Å²) in [5, 5.41) is 3.41. The summed E-state index contributed by atoms with van der Waals surface area (Å²) in [5.41, 5.74) is 16.1. The highest BCUT2D eigenvalue weighted by Gasteiger charge is 2.54. The van der Waals surface area contributed by atoms with Gasteiger partial charge in [0.1, 0.15) is 31.7 Å². The van der Waals surface area contributed by atoms with E-state index in [2.05, 4.69) is 16.1 Å². The number of aliphatic imine (C=N–C) groups is 2. The lowest BCUT2D eigenvalue weighted by Crippen LogP contribution is -2.63. The van der Waals surface area contributed by atoms with E-state index in [4.69, 9.17) is 76.0 Å². The van der Waals surface area contributed by atoms with Crippen molar-refractivity contribution in [2.24, 2.45) is 15.1 Å². The zero-order valence-corrected chi connectivity index (χ0v) is 59.0. The number of hydrogen-bond acceptors (Lipinski definition) is 26. The fourth-order valence-corrected chi connectivity index (χ4v) is 13.5. The Hall–Kier alpha value is -11.1. The molecule has 2 amide bonds. The third-order valence-corrected chi connectivity index (χ3v) is 18.1. The molecule has 1 saturated heterocycles. The van der Waals surface area contributed by atoms with E-state index in [9.17, 15) is 42.0 Å². The number of ether oxygens (including phenoxy) is 11. The molecule has 6 aromatic rings. The van der Waals surface area contributed by atoms with Crippen LogP contribution in [0.5, 0.6) is 40.2 Å². The first-order chi connectivity index (χ1) is 49.9. The van der Waals surface area contributed by atoms with Gasteiger partial charge in [-0.2, -0.15) is 0 Å². The fraction of sp³-hybridized carbons (Fsp3) is 0.384. The number of carbonyl (C=O) groups is 7. The van der Waals surface area contributed by atoms with E-state index in [1.165, 1.54) is 38.0 Å². The van der Waals surface area contributed by atoms with Crippen molar-refractivity contribution in [2.45, 2.75) is 129 Å². The average molecular weight is 1450 g/mol. The average Bonchev–Trinajstić information content (AvgIpc) is 1.34. The van der Waals surface area contributed by atoms with Crippen LogP contribution in [0.3, 0.4) is 0 Å². The SMILES string of the molecule is COc1cc2c(cc1OCc1cc(COc3cc4c(cc3OC)C(=O)N3Cc5cc(OS(=O)(=O)Oc6cc(C(=O)CCCOCCN=[N+]=[N-])ccc6OC6O[C@H](COC(C)=O)[C@H](OC(C)=O)[C@H](OC(C)=O)[C@H]6OC(C)=O)ccc5C[C@H]3C=N4)cc(CN(C)C)c1)N=C[C@@H]1Cc3ccccc3CN1C2=O. The van der Waals surface area contributed by atoms with Crippen LogP contribution in [0, 0.1) is 0 Å². The molecule has 5 aliphatic rings. The number of methoxy groups -OCH3 is 2. The monoisotopic (exact) mass is 1450 g/mol. The van der Waals surface area contributed by atoms with Crippen molar-refractivity contribution in [2.75, 3.05) is 54.7 Å². The van der Waals surface area contributed by atoms with E-state index < -0.39 is 101 Å². The smallest absolute Gasteiger partial charge is 0.493 e. The number of carbonyl (C=O) groups excluding carboxylic acids is 7. The van der Waals surface area contributed by atoms with Crippen LogP contribution in [0.2, 0.25) is 0 Å². The van der Waals surface area contributed by atoms with Crippen LogP contribution in [-0.4, -0.2) is 174 Å². The van der Waals surface area contributed by atoms with Crippen molar-refractivity contribution in [3.63, 3.8) is 0 Å². The molecule has 0 radical (unpaired) electrons. The number of Topliss-reactive ketones (excluding diaryl/α,β-unsaturated/α-hetero) is 1. The Morgan fingerprint density at radius 2 is 1.20 bits per heavy atom. The van der Waals surface area contributed by atoms with Crippen molar-refractivity contribution in [3.8, 4) is 40.2 Å². The number of rotatable bonds is 29. The normalized spacial score (nSPS) is 19.1. The second-order valence-corrected chi connectivity index (χ2v) is 26.3. The van der Waals surface area contributed by atoms with E-state index >= 15 is 0 Å². The topological polar surface area (TPSA) is 357 Å². The Kier molecular flexibility index (Phi) is 23.4. The van der Waals surface area contributed by atoms with Gasteiger partial charge in [-0.05, 0) is 126 Å². The Morgan fingerprint density at radius 3 is 1.79 bits per heavy atom. The maximum atomic E-state index is 14.8. The van der Waals surface area contributed by atoms with Crippen LogP contribution in [0.1, 0.15) is 111 Å². The highest BCUT2D eigenvalue weighted by Crippen LogP contribution is 2.43. The molecule has 0 aromatic heterocycles. The van der Waals surface area contributed by atoms with Gasteiger partial charge >= 0.3 is 34.3 Å². The second kappa shape index (κ2) is 32.9. The van der Waals surface area contributed by atoms with Gasteiger partial charge in [-0.3, -0.25) is 43.5 Å². The summed E-state index contributed by atoms with van der Waals surface area (Å²) >= 11 is 0. The molecule has 1 fully saturated rings. The second-order valence-electron chi connectivity index (χ2n) is 25.2. The predicted molar refractivity (Wildman–Crippen MR) is 370 cm³/mol. The Balaban J connectivity index is 0.795. The fourth-order valence-electron chi connectivity index (χ4n) is 12.7. The van der Waals surface area contributed by atoms with E-state index in [1.807, 2.05) is 66.5 Å². The van der Waals surface area contributed by atoms with Crippen molar-refractivity contribution in [3.05, 3.63) is 169 Å². The molecule has 5 heterocycles. The van der Waals surface area contributed by atoms with Gasteiger partial charge in [0.15, 0.2) is 52.5 Å². The highest BCUT2D eigenvalue weighted by atomic mass is 32.3. The zero-order chi connectivity index (χ0) is 73.9. The standard InChI is InChI=1S/C73H76N8O22S/c1-41(82)94-40-67-68(97-42(2)83)69(98-43(3)84)70(99-44(4)85)73(101-67)100-61-18-16-50(60(86)14-11-20-93-21-19-77-78-74)28-66(61)103-104(89,90)102-55-17-15-49-26-54-34-76-59-32-65(63(92-8)30-57(59)72(88)81(54)37-52(49)27-55)96-39-47-23-45(35-79(5)6)22-46(24-47)38-95-64-31-58-56(29-62(64)91-7)71(87)80-36-51-13-10-9-12-48(51)25-53(80)33-75-58/h9-10,12-13,15-18,22-24,27-34,53-54,67-70,73H,11,14,19-21,25-26,35-40H2,1-8H3/t53-,54-,67+,68-,69-,70+,73?/m0/s1. The van der Waals surface area contributed by atoms with Crippen LogP contribution in [-0.2, 0) is 104 Å². The molecule has 6 aromatic carbocycles. The number of hydrogen-bond donors (Lipinski definition) is 0. The molecule has 11 rings (SSSR count). The van der Waals surface area contributed by atoms with Gasteiger partial charge in [0.25, 0.3) is 11.8 Å². The third kappa shape index (κ3) is 18.0. The molecule has 0 bridgehead atoms. The number of azide groups is 1. The van der Waals surface area contributed by atoms with Crippen LogP contribution in [0.15, 0.2) is 118 Å². The lowest BCUT2D eigenvalue weighted by molar-refractivity contribution is -0.288. The van der Waals surface area contributed by atoms with Gasteiger partial charge in [-0.1, -0.05) is 47.6 Å². The van der Waals surface area contributed by atoms with Gasteiger partial charge in [0.05, 0.1) is 55.4 Å². The minimum Gasteiger partial charge on any atom is -0.493 e. The first-order valence-electron chi connectivity index (χ1n) is 33.1. The van der Waals surface area contributed by atoms with Gasteiger partial charge < -0.3 is 75.2 Å². The van der Waals surface area contributed by atoms with E-state index in [0.29, 0.717) is 59.3 Å². The van der Waals surface area contributed by atoms with Crippen molar-refractivity contribution in [1.82, 2.24) is 14.7 Å². The van der Waals surface area contributed by atoms with E-state index in [1.54, 1.807) is 41.4 Å². The van der Waals surface area contributed by atoms with Crippen LogP contribution < -0.4 is 32.1 Å². The molecule has 0 aliphatic carbocycles. The summed E-state index contributed by atoms with van der Waals surface area (Å²) in [7, 11) is 1.69. The summed E-state index contributed by atoms with van der Waals surface area (Å²) in [6.45, 7) is 5.08. The number of ketones is 1. The van der Waals surface area contributed by atoms with Gasteiger partial charge in [0.2, 0.25) is 12.4 Å². The number of esters is 4. The van der Waals surface area contributed by atoms with E-state index in [-0.39, 0.29) is 93.4 Å².